The van der Waals surface area contributed by atoms with Crippen LogP contribution in [0, 0.1) is 12.7 Å². The number of rotatable bonds is 6. The van der Waals surface area contributed by atoms with Gasteiger partial charge in [-0.25, -0.2) is 18.9 Å². The normalized spacial score (nSPS) is 14.5. The number of fused-ring (bicyclic) bond motifs is 2. The van der Waals surface area contributed by atoms with Crippen LogP contribution in [0.15, 0.2) is 36.5 Å². The van der Waals surface area contributed by atoms with Gasteiger partial charge < -0.3 is 15.4 Å². The lowest BCUT2D eigenvalue weighted by molar-refractivity contribution is 0.211. The van der Waals surface area contributed by atoms with Gasteiger partial charge in [-0.15, -0.1) is 12.4 Å². The summed E-state index contributed by atoms with van der Waals surface area (Å²) in [5.41, 5.74) is 5.19. The van der Waals surface area contributed by atoms with E-state index < -0.39 is 0 Å². The Morgan fingerprint density at radius 3 is 2.79 bits per heavy atom. The molecule has 0 unspecified atom stereocenters. The molecular weight excluding hydrogens is 443 g/mol. The summed E-state index contributed by atoms with van der Waals surface area (Å²) in [5, 5.41) is 12.2. The summed E-state index contributed by atoms with van der Waals surface area (Å²) in [5.74, 6) is 0.0555. The Kier molecular flexibility index (Phi) is 7.07. The number of nitrogens with one attached hydrogen (secondary N) is 2. The van der Waals surface area contributed by atoms with Crippen LogP contribution >= 0.6 is 12.4 Å². The molecule has 1 aromatic carbocycles. The average molecular weight is 471 g/mol. The predicted octanol–water partition coefficient (Wildman–Crippen LogP) is 4.34. The van der Waals surface area contributed by atoms with Gasteiger partial charge in [-0.05, 0) is 57.1 Å². The van der Waals surface area contributed by atoms with E-state index in [1.807, 2.05) is 37.4 Å². The summed E-state index contributed by atoms with van der Waals surface area (Å²) in [4.78, 5) is 9.25. The number of nitrogens with zero attached hydrogens (tertiary/aromatic N) is 4. The molecule has 7 nitrogen and oxygen atoms in total. The Morgan fingerprint density at radius 1 is 1.18 bits per heavy atom. The molecule has 0 saturated carbocycles. The minimum absolute atomic E-state index is 0. The monoisotopic (exact) mass is 470 g/mol. The van der Waals surface area contributed by atoms with Gasteiger partial charge in [0.2, 0.25) is 0 Å². The van der Waals surface area contributed by atoms with Crippen molar-refractivity contribution in [2.45, 2.75) is 25.7 Å². The Hall–Kier alpha value is -2.81. The number of imidazole rings is 1. The number of hydrogen-bond donors (Lipinski definition) is 2. The molecule has 33 heavy (non-hydrogen) atoms. The second-order valence-corrected chi connectivity index (χ2v) is 8.30. The SMILES string of the molecule is COCCNc1cc(-c2cc(F)c3nc(C4CCNCC4)ccc3c2)nn2cc(C)nc12.Cl. The summed E-state index contributed by atoms with van der Waals surface area (Å²) < 4.78 is 22.1. The smallest absolute Gasteiger partial charge is 0.177 e. The number of ether oxygens (including phenoxy) is 1. The second kappa shape index (κ2) is 9.99. The third kappa shape index (κ3) is 4.78. The molecule has 0 amide bonds. The molecule has 174 valence electrons. The summed E-state index contributed by atoms with van der Waals surface area (Å²) in [6.45, 7) is 5.09. The molecule has 5 rings (SSSR count). The van der Waals surface area contributed by atoms with E-state index in [4.69, 9.17) is 4.74 Å². The van der Waals surface area contributed by atoms with Gasteiger partial charge in [0.15, 0.2) is 5.65 Å². The lowest BCUT2D eigenvalue weighted by atomic mass is 9.93. The molecule has 1 fully saturated rings. The van der Waals surface area contributed by atoms with Crippen molar-refractivity contribution in [3.8, 4) is 11.3 Å². The van der Waals surface area contributed by atoms with E-state index in [9.17, 15) is 0 Å². The van der Waals surface area contributed by atoms with Gasteiger partial charge in [0.1, 0.15) is 11.3 Å². The molecule has 0 bridgehead atoms. The molecule has 0 spiro atoms. The zero-order chi connectivity index (χ0) is 22.1. The van der Waals surface area contributed by atoms with E-state index in [2.05, 4.69) is 25.7 Å². The van der Waals surface area contributed by atoms with Crippen LogP contribution < -0.4 is 10.6 Å². The first-order valence-electron chi connectivity index (χ1n) is 11.0. The molecule has 0 aliphatic carbocycles. The first-order chi connectivity index (χ1) is 15.6. The maximum atomic E-state index is 15.2. The molecule has 2 N–H and O–H groups in total. The van der Waals surface area contributed by atoms with Gasteiger partial charge in [0, 0.05) is 36.2 Å². The maximum Gasteiger partial charge on any atom is 0.177 e. The van der Waals surface area contributed by atoms with Crippen LogP contribution in [-0.2, 0) is 4.74 Å². The molecule has 1 aliphatic heterocycles. The zero-order valence-electron chi connectivity index (χ0n) is 18.8. The van der Waals surface area contributed by atoms with Crippen molar-refractivity contribution in [2.24, 2.45) is 0 Å². The predicted molar refractivity (Wildman–Crippen MR) is 131 cm³/mol. The molecular formula is C24H28ClFN6O. The number of hydrogen-bond acceptors (Lipinski definition) is 6. The van der Waals surface area contributed by atoms with Crippen LogP contribution in [-0.4, -0.2) is 52.9 Å². The number of pyridine rings is 1. The molecule has 4 aromatic rings. The first kappa shape index (κ1) is 23.4. The highest BCUT2D eigenvalue weighted by Gasteiger charge is 2.18. The largest absolute Gasteiger partial charge is 0.383 e. The number of piperidine rings is 1. The van der Waals surface area contributed by atoms with Gasteiger partial charge in [-0.3, -0.25) is 0 Å². The van der Waals surface area contributed by atoms with Crippen molar-refractivity contribution in [3.63, 3.8) is 0 Å². The van der Waals surface area contributed by atoms with E-state index in [1.165, 1.54) is 6.07 Å². The van der Waals surface area contributed by atoms with Gasteiger partial charge in [-0.2, -0.15) is 5.10 Å². The Morgan fingerprint density at radius 2 is 2.00 bits per heavy atom. The van der Waals surface area contributed by atoms with E-state index in [-0.39, 0.29) is 18.2 Å². The lowest BCUT2D eigenvalue weighted by Crippen LogP contribution is -2.27. The third-order valence-electron chi connectivity index (χ3n) is 5.99. The quantitative estimate of drug-likeness (QED) is 0.408. The number of benzene rings is 1. The second-order valence-electron chi connectivity index (χ2n) is 8.30. The summed E-state index contributed by atoms with van der Waals surface area (Å²) in [6, 6.07) is 9.40. The Balaban J connectivity index is 0.00000259. The fourth-order valence-electron chi connectivity index (χ4n) is 4.35. The standard InChI is InChI=1S/C24H27FN6O.ClH/c1-15-14-31-24(28-15)22(27-9-10-32-2)13-21(30-31)18-11-17-3-4-20(16-5-7-26-8-6-16)29-23(17)19(25)12-18;/h3-4,11-14,16,26-27H,5-10H2,1-2H3;1H. The molecule has 9 heteroatoms. The molecule has 0 radical (unpaired) electrons. The Bertz CT molecular complexity index is 1270. The number of methoxy groups -OCH3 is 1. The van der Waals surface area contributed by atoms with Gasteiger partial charge in [0.25, 0.3) is 0 Å². The zero-order valence-corrected chi connectivity index (χ0v) is 19.6. The number of aryl methyl sites for hydroxylation is 1. The fourth-order valence-corrected chi connectivity index (χ4v) is 4.35. The minimum atomic E-state index is -0.328. The Labute approximate surface area is 198 Å². The maximum absolute atomic E-state index is 15.2. The van der Waals surface area contributed by atoms with Crippen LogP contribution in [0.25, 0.3) is 27.8 Å². The number of anilines is 1. The van der Waals surface area contributed by atoms with E-state index in [0.717, 1.165) is 54.0 Å². The van der Waals surface area contributed by atoms with Crippen molar-refractivity contribution in [2.75, 3.05) is 38.7 Å². The van der Waals surface area contributed by atoms with Crippen molar-refractivity contribution >= 4 is 34.6 Å². The summed E-state index contributed by atoms with van der Waals surface area (Å²) in [7, 11) is 1.66. The highest BCUT2D eigenvalue weighted by Crippen LogP contribution is 2.30. The van der Waals surface area contributed by atoms with E-state index in [1.54, 1.807) is 11.6 Å². The molecule has 0 atom stereocenters. The molecule has 1 saturated heterocycles. The lowest BCUT2D eigenvalue weighted by Gasteiger charge is -2.22. The average Bonchev–Trinajstić information content (AvgIpc) is 3.20. The summed E-state index contributed by atoms with van der Waals surface area (Å²) in [6.07, 6.45) is 3.93. The third-order valence-corrected chi connectivity index (χ3v) is 5.99. The van der Waals surface area contributed by atoms with Gasteiger partial charge >= 0.3 is 0 Å². The van der Waals surface area contributed by atoms with Crippen LogP contribution in [0.2, 0.25) is 0 Å². The molecule has 3 aromatic heterocycles. The van der Waals surface area contributed by atoms with Crippen LogP contribution in [0.5, 0.6) is 0 Å². The highest BCUT2D eigenvalue weighted by atomic mass is 35.5. The van der Waals surface area contributed by atoms with Gasteiger partial charge in [-0.1, -0.05) is 6.07 Å². The molecule has 4 heterocycles. The number of aromatic nitrogens is 4. The minimum Gasteiger partial charge on any atom is -0.383 e. The summed E-state index contributed by atoms with van der Waals surface area (Å²) >= 11 is 0. The van der Waals surface area contributed by atoms with Gasteiger partial charge in [0.05, 0.1) is 29.9 Å². The van der Waals surface area contributed by atoms with Crippen molar-refractivity contribution < 1.29 is 9.13 Å². The van der Waals surface area contributed by atoms with Crippen molar-refractivity contribution in [1.29, 1.82) is 0 Å². The van der Waals surface area contributed by atoms with Crippen molar-refractivity contribution in [1.82, 2.24) is 24.9 Å². The van der Waals surface area contributed by atoms with E-state index in [0.29, 0.717) is 35.8 Å². The van der Waals surface area contributed by atoms with E-state index >= 15 is 4.39 Å². The molecule has 1 aliphatic rings. The highest BCUT2D eigenvalue weighted by molar-refractivity contribution is 5.86. The van der Waals surface area contributed by atoms with Crippen molar-refractivity contribution in [3.05, 3.63) is 53.7 Å². The van der Waals surface area contributed by atoms with Crippen LogP contribution in [0.1, 0.15) is 30.1 Å². The first-order valence-corrected chi connectivity index (χ1v) is 11.0. The van der Waals surface area contributed by atoms with Crippen LogP contribution in [0.3, 0.4) is 0 Å². The van der Waals surface area contributed by atoms with Crippen LogP contribution in [0.4, 0.5) is 10.1 Å². The number of halogens is 2. The topological polar surface area (TPSA) is 76.4 Å². The fraction of sp³-hybridized carbons (Fsp3) is 0.375.